The predicted octanol–water partition coefficient (Wildman–Crippen LogP) is 0.0303. The maximum absolute atomic E-state index is 11.8. The molecular formula is C12H22N2O4. The third kappa shape index (κ3) is 4.62. The van der Waals surface area contributed by atoms with Crippen LogP contribution in [0.5, 0.6) is 0 Å². The Balaban J connectivity index is 2.28. The smallest absolute Gasteiger partial charge is 0.329 e. The Morgan fingerprint density at radius 1 is 1.33 bits per heavy atom. The van der Waals surface area contributed by atoms with Crippen LogP contribution >= 0.6 is 0 Å². The van der Waals surface area contributed by atoms with Gasteiger partial charge in [-0.15, -0.1) is 0 Å². The van der Waals surface area contributed by atoms with E-state index in [4.69, 9.17) is 9.84 Å². The average molecular weight is 258 g/mol. The van der Waals surface area contributed by atoms with E-state index in [9.17, 15) is 9.59 Å². The second kappa shape index (κ2) is 7.33. The fraction of sp³-hybridized carbons (Fsp3) is 0.833. The van der Waals surface area contributed by atoms with Crippen LogP contribution in [0.4, 0.5) is 0 Å². The number of likely N-dealkylation sites (N-methyl/N-ethyl adjacent to an activating group) is 1. The van der Waals surface area contributed by atoms with E-state index in [1.54, 1.807) is 11.9 Å². The summed E-state index contributed by atoms with van der Waals surface area (Å²) in [6.07, 6.45) is 1.93. The molecule has 1 rings (SSSR count). The maximum Gasteiger partial charge on any atom is 0.329 e. The van der Waals surface area contributed by atoms with Gasteiger partial charge in [0.2, 0.25) is 5.91 Å². The number of nitrogens with zero attached hydrogens (tertiary/aromatic N) is 2. The lowest BCUT2D eigenvalue weighted by molar-refractivity contribution is -0.146. The Morgan fingerprint density at radius 3 is 2.44 bits per heavy atom. The molecule has 0 aliphatic carbocycles. The van der Waals surface area contributed by atoms with Crippen LogP contribution in [0.3, 0.4) is 0 Å². The van der Waals surface area contributed by atoms with Gasteiger partial charge in [-0.05, 0) is 19.4 Å². The van der Waals surface area contributed by atoms with Gasteiger partial charge in [0.05, 0.1) is 0 Å². The predicted molar refractivity (Wildman–Crippen MR) is 66.4 cm³/mol. The highest BCUT2D eigenvalue weighted by Crippen LogP contribution is 2.15. The monoisotopic (exact) mass is 258 g/mol. The third-order valence-electron chi connectivity index (χ3n) is 3.40. The van der Waals surface area contributed by atoms with Crippen molar-refractivity contribution in [3.63, 3.8) is 0 Å². The molecule has 6 nitrogen and oxygen atoms in total. The Hall–Kier alpha value is -1.14. The van der Waals surface area contributed by atoms with Crippen LogP contribution in [0, 0.1) is 0 Å². The second-order valence-electron chi connectivity index (χ2n) is 4.56. The summed E-state index contributed by atoms with van der Waals surface area (Å²) in [5.74, 6) is -1.20. The lowest BCUT2D eigenvalue weighted by Crippen LogP contribution is -2.46. The zero-order valence-corrected chi connectivity index (χ0v) is 11.1. The van der Waals surface area contributed by atoms with Crippen molar-refractivity contribution in [3.05, 3.63) is 0 Å². The topological polar surface area (TPSA) is 70.1 Å². The fourth-order valence-electron chi connectivity index (χ4n) is 2.15. The lowest BCUT2D eigenvalue weighted by atomic mass is 10.0. The molecule has 0 unspecified atom stereocenters. The molecule has 0 aromatic heterocycles. The van der Waals surface area contributed by atoms with Crippen molar-refractivity contribution in [2.75, 3.05) is 39.9 Å². The van der Waals surface area contributed by atoms with Gasteiger partial charge in [-0.3, -0.25) is 4.79 Å². The molecule has 0 aromatic rings. The Labute approximate surface area is 107 Å². The molecule has 0 saturated carbocycles. The Morgan fingerprint density at radius 2 is 1.94 bits per heavy atom. The molecule has 1 aliphatic rings. The number of hydrogen-bond acceptors (Lipinski definition) is 4. The molecule has 0 atom stereocenters. The molecule has 1 heterocycles. The number of carbonyl (C=O) groups is 2. The van der Waals surface area contributed by atoms with E-state index in [0.717, 1.165) is 32.5 Å². The van der Waals surface area contributed by atoms with Gasteiger partial charge in [-0.2, -0.15) is 0 Å². The van der Waals surface area contributed by atoms with E-state index in [1.165, 1.54) is 0 Å². The molecule has 1 N–H and O–H groups in total. The fourth-order valence-corrected chi connectivity index (χ4v) is 2.15. The van der Waals surface area contributed by atoms with Crippen LogP contribution in [-0.4, -0.2) is 72.7 Å². The van der Waals surface area contributed by atoms with Crippen molar-refractivity contribution in [1.82, 2.24) is 9.80 Å². The summed E-state index contributed by atoms with van der Waals surface area (Å²) < 4.78 is 4.81. The van der Waals surface area contributed by atoms with Crippen LogP contribution in [-0.2, 0) is 14.3 Å². The van der Waals surface area contributed by atoms with Gasteiger partial charge in [0.25, 0.3) is 0 Å². The quantitative estimate of drug-likeness (QED) is 0.728. The first-order valence-electron chi connectivity index (χ1n) is 6.32. The highest BCUT2D eigenvalue weighted by Gasteiger charge is 2.24. The highest BCUT2D eigenvalue weighted by atomic mass is 16.5. The largest absolute Gasteiger partial charge is 0.480 e. The lowest BCUT2D eigenvalue weighted by Gasteiger charge is -2.36. The molecule has 1 aliphatic heterocycles. The summed E-state index contributed by atoms with van der Waals surface area (Å²) >= 11 is 0. The van der Waals surface area contributed by atoms with E-state index in [-0.39, 0.29) is 18.6 Å². The molecular weight excluding hydrogens is 236 g/mol. The summed E-state index contributed by atoms with van der Waals surface area (Å²) in [6, 6.07) is 0.244. The van der Waals surface area contributed by atoms with Gasteiger partial charge in [-0.25, -0.2) is 4.79 Å². The molecule has 0 bridgehead atoms. The zero-order chi connectivity index (χ0) is 13.5. The van der Waals surface area contributed by atoms with Crippen LogP contribution in [0.2, 0.25) is 0 Å². The first kappa shape index (κ1) is 14.9. The molecule has 1 saturated heterocycles. The number of amides is 1. The van der Waals surface area contributed by atoms with Crippen molar-refractivity contribution in [3.8, 4) is 0 Å². The SMILES string of the molecule is CCN1CCC(N(C)C(=O)COCC(=O)O)CC1. The van der Waals surface area contributed by atoms with E-state index in [2.05, 4.69) is 11.8 Å². The Bertz CT molecular complexity index is 288. The normalized spacial score (nSPS) is 17.7. The number of carbonyl (C=O) groups excluding carboxylic acids is 1. The van der Waals surface area contributed by atoms with Gasteiger partial charge >= 0.3 is 5.97 Å². The first-order valence-corrected chi connectivity index (χ1v) is 6.32. The van der Waals surface area contributed by atoms with Crippen LogP contribution in [0.15, 0.2) is 0 Å². The van der Waals surface area contributed by atoms with E-state index in [1.807, 2.05) is 0 Å². The van der Waals surface area contributed by atoms with Crippen molar-refractivity contribution in [2.45, 2.75) is 25.8 Å². The molecule has 1 amide bonds. The molecule has 6 heteroatoms. The molecule has 104 valence electrons. The molecule has 0 radical (unpaired) electrons. The first-order chi connectivity index (χ1) is 8.54. The van der Waals surface area contributed by atoms with E-state index >= 15 is 0 Å². The molecule has 18 heavy (non-hydrogen) atoms. The highest BCUT2D eigenvalue weighted by molar-refractivity contribution is 5.78. The molecule has 0 spiro atoms. The number of carboxylic acids is 1. The van der Waals surface area contributed by atoms with Gasteiger partial charge in [-0.1, -0.05) is 6.92 Å². The molecule has 0 aromatic carbocycles. The van der Waals surface area contributed by atoms with Crippen molar-refractivity contribution >= 4 is 11.9 Å². The number of aliphatic carboxylic acids is 1. The zero-order valence-electron chi connectivity index (χ0n) is 11.1. The molecule has 1 fully saturated rings. The van der Waals surface area contributed by atoms with E-state index in [0.29, 0.717) is 0 Å². The van der Waals surface area contributed by atoms with Crippen molar-refractivity contribution in [2.24, 2.45) is 0 Å². The number of likely N-dealkylation sites (tertiary alicyclic amines) is 1. The van der Waals surface area contributed by atoms with E-state index < -0.39 is 12.6 Å². The minimum atomic E-state index is -1.05. The van der Waals surface area contributed by atoms with Gasteiger partial charge in [0.15, 0.2) is 0 Å². The summed E-state index contributed by atoms with van der Waals surface area (Å²) in [7, 11) is 1.76. The van der Waals surface area contributed by atoms with Crippen molar-refractivity contribution < 1.29 is 19.4 Å². The minimum absolute atomic E-state index is 0.147. The minimum Gasteiger partial charge on any atom is -0.480 e. The summed E-state index contributed by atoms with van der Waals surface area (Å²) in [5, 5.41) is 8.41. The van der Waals surface area contributed by atoms with Crippen LogP contribution in [0.25, 0.3) is 0 Å². The number of hydrogen-bond donors (Lipinski definition) is 1. The maximum atomic E-state index is 11.8. The summed E-state index contributed by atoms with van der Waals surface area (Å²) in [6.45, 7) is 4.62. The van der Waals surface area contributed by atoms with Crippen LogP contribution in [0.1, 0.15) is 19.8 Å². The Kier molecular flexibility index (Phi) is 6.07. The van der Waals surface area contributed by atoms with Crippen molar-refractivity contribution in [1.29, 1.82) is 0 Å². The number of piperidine rings is 1. The van der Waals surface area contributed by atoms with Crippen LogP contribution < -0.4 is 0 Å². The number of carboxylic acid groups (broad SMARTS) is 1. The average Bonchev–Trinajstić information content (AvgIpc) is 2.37. The summed E-state index contributed by atoms with van der Waals surface area (Å²) in [4.78, 5) is 26.1. The second-order valence-corrected chi connectivity index (χ2v) is 4.56. The van der Waals surface area contributed by atoms with Gasteiger partial charge in [0, 0.05) is 26.2 Å². The summed E-state index contributed by atoms with van der Waals surface area (Å²) in [5.41, 5.74) is 0. The number of rotatable bonds is 6. The van der Waals surface area contributed by atoms with Gasteiger partial charge in [0.1, 0.15) is 13.2 Å². The number of ether oxygens (including phenoxy) is 1. The standard InChI is InChI=1S/C12H22N2O4/c1-3-14-6-4-10(5-7-14)13(2)11(15)8-18-9-12(16)17/h10H,3-9H2,1-2H3,(H,16,17). The third-order valence-corrected chi connectivity index (χ3v) is 3.40. The van der Waals surface area contributed by atoms with Gasteiger partial charge < -0.3 is 19.6 Å².